The minimum atomic E-state index is -0.911. The predicted molar refractivity (Wildman–Crippen MR) is 81.3 cm³/mol. The van der Waals surface area contributed by atoms with Gasteiger partial charge in [-0.3, -0.25) is 9.59 Å². The number of rotatable bonds is 6. The number of aliphatic carboxylic acids is 1. The molecule has 0 bridgehead atoms. The van der Waals surface area contributed by atoms with E-state index in [0.717, 1.165) is 0 Å². The van der Waals surface area contributed by atoms with E-state index in [2.05, 4.69) is 10.6 Å². The lowest BCUT2D eigenvalue weighted by Crippen LogP contribution is -2.22. The van der Waals surface area contributed by atoms with Crippen LogP contribution in [0.15, 0.2) is 48.5 Å². The Balaban J connectivity index is 1.87. The van der Waals surface area contributed by atoms with Gasteiger partial charge in [0.1, 0.15) is 5.82 Å². The smallest absolute Gasteiger partial charge is 0.307 e. The van der Waals surface area contributed by atoms with Crippen LogP contribution >= 0.6 is 0 Å². The van der Waals surface area contributed by atoms with E-state index >= 15 is 0 Å². The van der Waals surface area contributed by atoms with Crippen LogP contribution in [0.3, 0.4) is 0 Å². The predicted octanol–water partition coefficient (Wildman–Crippen LogP) is 2.50. The first kappa shape index (κ1) is 15.5. The van der Waals surface area contributed by atoms with Gasteiger partial charge in [-0.1, -0.05) is 24.3 Å². The number of anilines is 2. The summed E-state index contributed by atoms with van der Waals surface area (Å²) in [5.74, 6) is -1.66. The van der Waals surface area contributed by atoms with Crippen molar-refractivity contribution < 1.29 is 19.1 Å². The summed E-state index contributed by atoms with van der Waals surface area (Å²) in [6.07, 6.45) is -0.0664. The summed E-state index contributed by atoms with van der Waals surface area (Å²) >= 11 is 0. The summed E-state index contributed by atoms with van der Waals surface area (Å²) in [6.45, 7) is -0.0716. The summed E-state index contributed by atoms with van der Waals surface area (Å²) in [7, 11) is 0. The molecule has 0 saturated carbocycles. The van der Waals surface area contributed by atoms with Gasteiger partial charge in [0.2, 0.25) is 5.91 Å². The van der Waals surface area contributed by atoms with E-state index in [9.17, 15) is 14.0 Å². The van der Waals surface area contributed by atoms with Crippen molar-refractivity contribution in [2.24, 2.45) is 0 Å². The number of hydrogen-bond donors (Lipinski definition) is 3. The molecule has 0 spiro atoms. The molecule has 5 nitrogen and oxygen atoms in total. The van der Waals surface area contributed by atoms with Gasteiger partial charge in [0.15, 0.2) is 0 Å². The van der Waals surface area contributed by atoms with E-state index in [4.69, 9.17) is 5.11 Å². The number of nitrogens with one attached hydrogen (secondary N) is 2. The molecule has 0 fully saturated rings. The molecule has 0 radical (unpaired) electrons. The largest absolute Gasteiger partial charge is 0.481 e. The molecule has 114 valence electrons. The van der Waals surface area contributed by atoms with Gasteiger partial charge >= 0.3 is 5.97 Å². The van der Waals surface area contributed by atoms with Crippen LogP contribution in [0.25, 0.3) is 0 Å². The fraction of sp³-hybridized carbons (Fsp3) is 0.125. The number of hydrogen-bond acceptors (Lipinski definition) is 3. The number of carbonyl (C=O) groups is 2. The lowest BCUT2D eigenvalue weighted by molar-refractivity contribution is -0.136. The third-order valence-corrected chi connectivity index (χ3v) is 2.91. The first-order chi connectivity index (χ1) is 10.5. The van der Waals surface area contributed by atoms with Crippen molar-refractivity contribution in [1.29, 1.82) is 0 Å². The van der Waals surface area contributed by atoms with Crippen molar-refractivity contribution in [3.8, 4) is 0 Å². The Labute approximate surface area is 126 Å². The van der Waals surface area contributed by atoms with Gasteiger partial charge in [-0.05, 0) is 29.8 Å². The quantitative estimate of drug-likeness (QED) is 0.766. The number of para-hydroxylation sites is 1. The topological polar surface area (TPSA) is 78.4 Å². The Kier molecular flexibility index (Phi) is 5.08. The zero-order valence-corrected chi connectivity index (χ0v) is 11.7. The lowest BCUT2D eigenvalue weighted by Gasteiger charge is -2.09. The van der Waals surface area contributed by atoms with Gasteiger partial charge in [0.25, 0.3) is 0 Å². The summed E-state index contributed by atoms with van der Waals surface area (Å²) < 4.78 is 13.4. The molecule has 2 aromatic carbocycles. The van der Waals surface area contributed by atoms with E-state index in [1.165, 1.54) is 6.07 Å². The van der Waals surface area contributed by atoms with Crippen molar-refractivity contribution in [2.45, 2.75) is 6.42 Å². The van der Waals surface area contributed by atoms with Crippen LogP contribution < -0.4 is 10.6 Å². The zero-order valence-electron chi connectivity index (χ0n) is 11.7. The van der Waals surface area contributed by atoms with Gasteiger partial charge < -0.3 is 15.7 Å². The first-order valence-electron chi connectivity index (χ1n) is 6.63. The second kappa shape index (κ2) is 7.21. The summed E-state index contributed by atoms with van der Waals surface area (Å²) in [5.41, 5.74) is 1.46. The Bertz CT molecular complexity index is 671. The second-order valence-corrected chi connectivity index (χ2v) is 4.65. The molecule has 0 saturated heterocycles. The van der Waals surface area contributed by atoms with E-state index in [1.54, 1.807) is 42.5 Å². The van der Waals surface area contributed by atoms with E-state index < -0.39 is 11.8 Å². The van der Waals surface area contributed by atoms with Gasteiger partial charge in [-0.15, -0.1) is 0 Å². The maximum atomic E-state index is 13.4. The monoisotopic (exact) mass is 302 g/mol. The molecule has 0 aliphatic heterocycles. The van der Waals surface area contributed by atoms with E-state index in [0.29, 0.717) is 11.3 Å². The molecule has 0 heterocycles. The highest BCUT2D eigenvalue weighted by Gasteiger charge is 2.05. The molecule has 0 aliphatic carbocycles. The zero-order chi connectivity index (χ0) is 15.9. The third-order valence-electron chi connectivity index (χ3n) is 2.91. The highest BCUT2D eigenvalue weighted by atomic mass is 19.1. The van der Waals surface area contributed by atoms with Crippen molar-refractivity contribution in [3.63, 3.8) is 0 Å². The van der Waals surface area contributed by atoms with Crippen LogP contribution in [0.2, 0.25) is 0 Å². The molecule has 0 aliphatic rings. The number of amides is 1. The highest BCUT2D eigenvalue weighted by molar-refractivity contribution is 5.93. The van der Waals surface area contributed by atoms with Crippen LogP contribution in [0, 0.1) is 5.82 Å². The summed E-state index contributed by atoms with van der Waals surface area (Å²) in [4.78, 5) is 22.3. The number of carboxylic acids is 1. The summed E-state index contributed by atoms with van der Waals surface area (Å²) in [5, 5.41) is 14.0. The molecular formula is C16H15FN2O3. The van der Waals surface area contributed by atoms with Crippen LogP contribution in [0.1, 0.15) is 5.56 Å². The standard InChI is InChI=1S/C16H15FN2O3/c17-13-3-1-2-4-14(13)18-10-15(20)19-12-7-5-11(6-8-12)9-16(21)22/h1-8,18H,9-10H2,(H,19,20)(H,21,22). The van der Waals surface area contributed by atoms with Gasteiger partial charge in [0, 0.05) is 5.69 Å². The molecule has 0 atom stereocenters. The Hall–Kier alpha value is -2.89. The Morgan fingerprint density at radius 1 is 1.05 bits per heavy atom. The molecule has 22 heavy (non-hydrogen) atoms. The fourth-order valence-corrected chi connectivity index (χ4v) is 1.87. The second-order valence-electron chi connectivity index (χ2n) is 4.65. The molecule has 2 rings (SSSR count). The average molecular weight is 302 g/mol. The number of carboxylic acid groups (broad SMARTS) is 1. The van der Waals surface area contributed by atoms with Crippen LogP contribution in [-0.2, 0) is 16.0 Å². The molecule has 3 N–H and O–H groups in total. The molecule has 0 aromatic heterocycles. The minimum Gasteiger partial charge on any atom is -0.481 e. The van der Waals surface area contributed by atoms with Gasteiger partial charge in [0.05, 0.1) is 18.7 Å². The average Bonchev–Trinajstić information content (AvgIpc) is 2.48. The number of carbonyl (C=O) groups excluding carboxylic acids is 1. The Morgan fingerprint density at radius 2 is 1.73 bits per heavy atom. The van der Waals surface area contributed by atoms with Crippen LogP contribution in [0.5, 0.6) is 0 Å². The highest BCUT2D eigenvalue weighted by Crippen LogP contribution is 2.13. The van der Waals surface area contributed by atoms with Gasteiger partial charge in [-0.2, -0.15) is 0 Å². The van der Waals surface area contributed by atoms with Gasteiger partial charge in [-0.25, -0.2) is 4.39 Å². The van der Waals surface area contributed by atoms with Crippen molar-refractivity contribution in [3.05, 3.63) is 59.9 Å². The van der Waals surface area contributed by atoms with Crippen molar-refractivity contribution in [1.82, 2.24) is 0 Å². The molecule has 6 heteroatoms. The number of halogens is 1. The molecular weight excluding hydrogens is 287 g/mol. The first-order valence-corrected chi connectivity index (χ1v) is 6.63. The summed E-state index contributed by atoms with van der Waals surface area (Å²) in [6, 6.07) is 12.6. The Morgan fingerprint density at radius 3 is 2.36 bits per heavy atom. The van der Waals surface area contributed by atoms with E-state index in [1.807, 2.05) is 0 Å². The van der Waals surface area contributed by atoms with E-state index in [-0.39, 0.29) is 24.6 Å². The third kappa shape index (κ3) is 4.59. The maximum Gasteiger partial charge on any atom is 0.307 e. The number of benzene rings is 2. The van der Waals surface area contributed by atoms with Crippen molar-refractivity contribution in [2.75, 3.05) is 17.2 Å². The molecule has 1 amide bonds. The van der Waals surface area contributed by atoms with Crippen LogP contribution in [0.4, 0.5) is 15.8 Å². The maximum absolute atomic E-state index is 13.4. The van der Waals surface area contributed by atoms with Crippen molar-refractivity contribution >= 4 is 23.3 Å². The normalized spacial score (nSPS) is 10.0. The van der Waals surface area contributed by atoms with Crippen LogP contribution in [-0.4, -0.2) is 23.5 Å². The minimum absolute atomic E-state index is 0.0664. The SMILES string of the molecule is O=C(O)Cc1ccc(NC(=O)CNc2ccccc2F)cc1. The lowest BCUT2D eigenvalue weighted by atomic mass is 10.1. The molecule has 0 unspecified atom stereocenters. The fourth-order valence-electron chi connectivity index (χ4n) is 1.87. The molecule has 2 aromatic rings.